The van der Waals surface area contributed by atoms with Gasteiger partial charge in [-0.1, -0.05) is 50.5 Å². The van der Waals surface area contributed by atoms with Gasteiger partial charge in [0.25, 0.3) is 0 Å². The average molecular weight is 366 g/mol. The van der Waals surface area contributed by atoms with Crippen LogP contribution in [-0.4, -0.2) is 38.8 Å². The van der Waals surface area contributed by atoms with E-state index in [0.29, 0.717) is 25.7 Å². The van der Waals surface area contributed by atoms with Gasteiger partial charge in [-0.15, -0.1) is 0 Å². The maximum atomic E-state index is 12.2. The number of ketones is 1. The molecule has 1 rings (SSSR count). The summed E-state index contributed by atoms with van der Waals surface area (Å²) in [6, 6.07) is 0. The summed E-state index contributed by atoms with van der Waals surface area (Å²) in [5.74, 6) is -1.30. The Balaban J connectivity index is 2.58. The van der Waals surface area contributed by atoms with E-state index in [-0.39, 0.29) is 30.5 Å². The lowest BCUT2D eigenvalue weighted by atomic mass is 9.88. The van der Waals surface area contributed by atoms with Gasteiger partial charge >= 0.3 is 5.97 Å². The molecular formula is C21H34O5. The van der Waals surface area contributed by atoms with Crippen LogP contribution in [0, 0.1) is 11.8 Å². The number of rotatable bonds is 12. The van der Waals surface area contributed by atoms with Crippen LogP contribution in [0.3, 0.4) is 0 Å². The van der Waals surface area contributed by atoms with Crippen LogP contribution < -0.4 is 0 Å². The van der Waals surface area contributed by atoms with Crippen molar-refractivity contribution < 1.29 is 24.9 Å². The first-order valence-corrected chi connectivity index (χ1v) is 9.76. The zero-order chi connectivity index (χ0) is 19.6. The molecule has 1 fully saturated rings. The Kier molecular flexibility index (Phi) is 9.81. The number of carbonyl (C=O) groups excluding carboxylic acids is 1. The van der Waals surface area contributed by atoms with Crippen LogP contribution in [0.25, 0.3) is 0 Å². The third-order valence-electron chi connectivity index (χ3n) is 5.01. The fraction of sp³-hybridized carbons (Fsp3) is 0.714. The summed E-state index contributed by atoms with van der Waals surface area (Å²) >= 11 is 0. The highest BCUT2D eigenvalue weighted by Gasteiger charge is 2.39. The number of hydrogen-bond donors (Lipinski definition) is 3. The molecule has 0 aromatic rings. The van der Waals surface area contributed by atoms with Gasteiger partial charge < -0.3 is 15.3 Å². The average Bonchev–Trinajstić information content (AvgIpc) is 2.82. The van der Waals surface area contributed by atoms with Crippen LogP contribution in [0.5, 0.6) is 0 Å². The van der Waals surface area contributed by atoms with Gasteiger partial charge in [0, 0.05) is 24.7 Å². The van der Waals surface area contributed by atoms with Crippen LogP contribution in [0.2, 0.25) is 0 Å². The highest BCUT2D eigenvalue weighted by Crippen LogP contribution is 2.34. The van der Waals surface area contributed by atoms with Crippen LogP contribution >= 0.6 is 0 Å². The van der Waals surface area contributed by atoms with E-state index in [1.54, 1.807) is 13.0 Å². The van der Waals surface area contributed by atoms with Crippen molar-refractivity contribution in [3.63, 3.8) is 0 Å². The molecule has 5 nitrogen and oxygen atoms in total. The minimum atomic E-state index is -0.919. The first-order valence-electron chi connectivity index (χ1n) is 9.76. The lowest BCUT2D eigenvalue weighted by molar-refractivity contribution is -0.137. The van der Waals surface area contributed by atoms with E-state index in [4.69, 9.17) is 5.11 Å². The third kappa shape index (κ3) is 8.28. The van der Waals surface area contributed by atoms with Gasteiger partial charge in [0.05, 0.1) is 11.7 Å². The quantitative estimate of drug-likeness (QED) is 0.362. The van der Waals surface area contributed by atoms with Crippen molar-refractivity contribution in [1.82, 2.24) is 0 Å². The molecule has 0 saturated heterocycles. The van der Waals surface area contributed by atoms with E-state index in [0.717, 1.165) is 19.3 Å². The van der Waals surface area contributed by atoms with Crippen LogP contribution in [-0.2, 0) is 9.59 Å². The predicted molar refractivity (Wildman–Crippen MR) is 102 cm³/mol. The van der Waals surface area contributed by atoms with Gasteiger partial charge in [-0.25, -0.2) is 0 Å². The fourth-order valence-corrected chi connectivity index (χ4v) is 3.39. The second-order valence-electron chi connectivity index (χ2n) is 7.59. The van der Waals surface area contributed by atoms with E-state index >= 15 is 0 Å². The number of allylic oxidation sites excluding steroid dienone is 2. The number of carbonyl (C=O) groups is 2. The zero-order valence-electron chi connectivity index (χ0n) is 16.1. The summed E-state index contributed by atoms with van der Waals surface area (Å²) in [6.45, 7) is 3.88. The normalized spacial score (nSPS) is 26.0. The van der Waals surface area contributed by atoms with E-state index in [1.165, 1.54) is 0 Å². The zero-order valence-corrected chi connectivity index (χ0v) is 16.1. The number of Topliss-reactive ketones (excluding diaryl/α,β-unsaturated/α-hetero) is 1. The van der Waals surface area contributed by atoms with Gasteiger partial charge in [-0.05, 0) is 32.6 Å². The molecule has 0 bridgehead atoms. The molecule has 5 heteroatoms. The number of carboxylic acids is 1. The molecule has 1 unspecified atom stereocenters. The van der Waals surface area contributed by atoms with Gasteiger partial charge in [0.1, 0.15) is 5.78 Å². The molecule has 148 valence electrons. The second-order valence-corrected chi connectivity index (χ2v) is 7.59. The summed E-state index contributed by atoms with van der Waals surface area (Å²) in [5, 5.41) is 29.3. The molecule has 0 radical (unpaired) electrons. The lowest BCUT2D eigenvalue weighted by Gasteiger charge is -2.21. The van der Waals surface area contributed by atoms with Gasteiger partial charge in [0.15, 0.2) is 0 Å². The molecule has 1 saturated carbocycles. The summed E-state index contributed by atoms with van der Waals surface area (Å²) in [4.78, 5) is 22.6. The van der Waals surface area contributed by atoms with Crippen LogP contribution in [0.15, 0.2) is 24.3 Å². The minimum Gasteiger partial charge on any atom is -0.481 e. The first kappa shape index (κ1) is 22.6. The molecular weight excluding hydrogens is 332 g/mol. The van der Waals surface area contributed by atoms with Crippen molar-refractivity contribution >= 4 is 11.8 Å². The van der Waals surface area contributed by atoms with Crippen molar-refractivity contribution in [2.24, 2.45) is 11.8 Å². The summed E-state index contributed by atoms with van der Waals surface area (Å²) in [7, 11) is 0. The minimum absolute atomic E-state index is 0.0490. The number of carboxylic acid groups (broad SMARTS) is 1. The lowest BCUT2D eigenvalue weighted by Crippen LogP contribution is -2.23. The van der Waals surface area contributed by atoms with Crippen LogP contribution in [0.4, 0.5) is 0 Å². The van der Waals surface area contributed by atoms with Gasteiger partial charge in [-0.2, -0.15) is 0 Å². The molecule has 26 heavy (non-hydrogen) atoms. The van der Waals surface area contributed by atoms with Crippen molar-refractivity contribution in [2.75, 3.05) is 0 Å². The molecule has 0 amide bonds. The molecule has 3 N–H and O–H groups in total. The topological polar surface area (TPSA) is 94.8 Å². The van der Waals surface area contributed by atoms with Crippen molar-refractivity contribution in [3.05, 3.63) is 24.3 Å². The van der Waals surface area contributed by atoms with Gasteiger partial charge in [-0.3, -0.25) is 9.59 Å². The van der Waals surface area contributed by atoms with E-state index < -0.39 is 17.7 Å². The Morgan fingerprint density at radius 3 is 2.65 bits per heavy atom. The maximum absolute atomic E-state index is 12.2. The number of aliphatic hydroxyl groups excluding tert-OH is 1. The molecule has 0 heterocycles. The summed E-state index contributed by atoms with van der Waals surface area (Å²) in [6.07, 6.45) is 12.5. The van der Waals surface area contributed by atoms with Crippen LogP contribution in [0.1, 0.15) is 71.6 Å². The standard InChI is InChI=1S/C21H34O5/c1-3-4-9-13-21(2,26)14-12-17-16(18(22)15-19(17)23)10-7-5-6-8-11-20(24)25/h5,7,12,14,16-17,19,23,26H,3-4,6,8-11,13,15H2,1-2H3,(H,24,25)/b7-5?,14-12+/t16-,17?,19-,21-/m1/s1. The molecule has 0 aliphatic heterocycles. The fourth-order valence-electron chi connectivity index (χ4n) is 3.39. The first-order chi connectivity index (χ1) is 12.3. The molecule has 4 atom stereocenters. The number of unbranched alkanes of at least 4 members (excludes halogenated alkanes) is 3. The van der Waals surface area contributed by atoms with E-state index in [2.05, 4.69) is 6.92 Å². The number of aliphatic hydroxyl groups is 2. The maximum Gasteiger partial charge on any atom is 0.303 e. The van der Waals surface area contributed by atoms with Crippen molar-refractivity contribution in [2.45, 2.75) is 83.3 Å². The predicted octanol–water partition coefficient (Wildman–Crippen LogP) is 3.64. The van der Waals surface area contributed by atoms with Crippen molar-refractivity contribution in [1.29, 1.82) is 0 Å². The highest BCUT2D eigenvalue weighted by molar-refractivity contribution is 5.84. The Hall–Kier alpha value is -1.46. The Labute approximate surface area is 156 Å². The molecule has 0 aromatic carbocycles. The van der Waals surface area contributed by atoms with Gasteiger partial charge in [0.2, 0.25) is 0 Å². The number of hydrogen-bond acceptors (Lipinski definition) is 4. The Morgan fingerprint density at radius 2 is 2.00 bits per heavy atom. The molecule has 0 spiro atoms. The smallest absolute Gasteiger partial charge is 0.303 e. The summed E-state index contributed by atoms with van der Waals surface area (Å²) in [5.41, 5.74) is -0.919. The third-order valence-corrected chi connectivity index (χ3v) is 5.01. The Morgan fingerprint density at radius 1 is 1.27 bits per heavy atom. The molecule has 1 aliphatic carbocycles. The van der Waals surface area contributed by atoms with E-state index in [9.17, 15) is 19.8 Å². The van der Waals surface area contributed by atoms with Crippen molar-refractivity contribution in [3.8, 4) is 0 Å². The second kappa shape index (κ2) is 11.3. The molecule has 0 aromatic heterocycles. The van der Waals surface area contributed by atoms with E-state index in [1.807, 2.05) is 18.2 Å². The number of aliphatic carboxylic acids is 1. The monoisotopic (exact) mass is 366 g/mol. The largest absolute Gasteiger partial charge is 0.481 e. The highest BCUT2D eigenvalue weighted by atomic mass is 16.4. The SMILES string of the molecule is CCCCC[C@@](C)(O)/C=C/C1[C@H](O)CC(=O)[C@@H]1CC=CCCCC(=O)O. The molecule has 1 aliphatic rings. The summed E-state index contributed by atoms with van der Waals surface area (Å²) < 4.78 is 0. The Bertz CT molecular complexity index is 507.